The van der Waals surface area contributed by atoms with E-state index in [2.05, 4.69) is 206 Å². The fraction of sp³-hybridized carbons (Fsp3) is 0.0909. The van der Waals surface area contributed by atoms with Crippen LogP contribution in [0.3, 0.4) is 0 Å². The lowest BCUT2D eigenvalue weighted by atomic mass is 9.95. The lowest BCUT2D eigenvalue weighted by Crippen LogP contribution is -2.12. The van der Waals surface area contributed by atoms with E-state index in [0.29, 0.717) is 0 Å². The number of aromatic nitrogens is 5. The van der Waals surface area contributed by atoms with E-state index in [1.54, 1.807) is 0 Å². The first-order valence-corrected chi connectivity index (χ1v) is 29.5. The lowest BCUT2D eigenvalue weighted by Gasteiger charge is -2.16. The van der Waals surface area contributed by atoms with E-state index in [1.807, 2.05) is 189 Å². The number of fused-ring (bicyclic) bond motifs is 4. The van der Waals surface area contributed by atoms with Crippen LogP contribution in [0.4, 0.5) is 0 Å². The molecule has 0 saturated heterocycles. The van der Waals surface area contributed by atoms with Gasteiger partial charge in [-0.3, -0.25) is 24.9 Å². The van der Waals surface area contributed by atoms with Crippen molar-refractivity contribution in [2.24, 2.45) is 4.99 Å². The fourth-order valence-electron chi connectivity index (χ4n) is 10.1. The van der Waals surface area contributed by atoms with Crippen molar-refractivity contribution in [3.63, 3.8) is 0 Å². The third kappa shape index (κ3) is 20.2. The van der Waals surface area contributed by atoms with Crippen LogP contribution in [0.5, 0.6) is 0 Å². The van der Waals surface area contributed by atoms with Crippen molar-refractivity contribution in [2.45, 2.75) is 57.5 Å². The largest absolute Gasteiger partial charge is 0.284 e. The molecule has 0 atom stereocenters. The Balaban J connectivity index is 0.000000203. The fourth-order valence-corrected chi connectivity index (χ4v) is 10.1. The van der Waals surface area contributed by atoms with E-state index < -0.39 is 0 Å². The van der Waals surface area contributed by atoms with E-state index in [0.717, 1.165) is 63.6 Å². The molecule has 6 heterocycles. The highest BCUT2D eigenvalue weighted by Crippen LogP contribution is 2.28. The summed E-state index contributed by atoms with van der Waals surface area (Å²) in [7, 11) is 0. The Bertz CT molecular complexity index is 4290. The van der Waals surface area contributed by atoms with E-state index in [9.17, 15) is 0 Å². The van der Waals surface area contributed by atoms with Gasteiger partial charge >= 0.3 is 0 Å². The molecule has 0 saturated carbocycles. The summed E-state index contributed by atoms with van der Waals surface area (Å²) >= 11 is 0. The molecule has 6 heteroatoms. The maximum Gasteiger partial charge on any atom is 0.0780 e. The zero-order valence-corrected chi connectivity index (χ0v) is 48.7. The first-order chi connectivity index (χ1) is 43.7. The molecule has 0 N–H and O–H groups in total. The summed E-state index contributed by atoms with van der Waals surface area (Å²) in [6.07, 6.45) is 8.31. The molecule has 0 radical (unpaired) electrons. The Morgan fingerprint density at radius 1 is 0.223 bits per heavy atom. The molecule has 0 bridgehead atoms. The molecular weight excluding hydrogens is 1140 g/mol. The quantitative estimate of drug-likeness (QED) is 0.166. The first kappa shape index (κ1) is 73.1. The second-order valence-electron chi connectivity index (χ2n) is 20.5. The Morgan fingerprint density at radius 2 is 0.574 bits per heavy atom. The van der Waals surface area contributed by atoms with Gasteiger partial charge in [-0.15, -0.1) is 0 Å². The first-order valence-electron chi connectivity index (χ1n) is 29.5. The monoisotopic (exact) mass is 1230 g/mol. The highest BCUT2D eigenvalue weighted by molar-refractivity contribution is 6.02. The summed E-state index contributed by atoms with van der Waals surface area (Å²) in [4.78, 5) is 26.8. The van der Waals surface area contributed by atoms with E-state index in [-0.39, 0.29) is 44.6 Å². The number of rotatable bonds is 6. The van der Waals surface area contributed by atoms with E-state index in [4.69, 9.17) is 0 Å². The number of aliphatic imine (C=N–C) groups is 1. The van der Waals surface area contributed by atoms with Crippen LogP contribution >= 0.6 is 0 Å². The Hall–Kier alpha value is -11.6. The van der Waals surface area contributed by atoms with Gasteiger partial charge in [0.25, 0.3) is 0 Å². The van der Waals surface area contributed by atoms with Crippen molar-refractivity contribution in [1.82, 2.24) is 24.9 Å². The summed E-state index contributed by atoms with van der Waals surface area (Å²) in [5.74, 6) is 0. The topological polar surface area (TPSA) is 76.8 Å². The second kappa shape index (κ2) is 38.8. The molecule has 0 aliphatic carbocycles. The van der Waals surface area contributed by atoms with Gasteiger partial charge in [0.15, 0.2) is 0 Å². The Labute approximate surface area is 559 Å². The molecule has 0 amide bonds. The van der Waals surface area contributed by atoms with Gasteiger partial charge in [0.1, 0.15) is 0 Å². The highest BCUT2D eigenvalue weighted by atomic mass is 14.8. The number of hydrogen-bond acceptors (Lipinski definition) is 6. The molecule has 16 rings (SSSR count). The third-order valence-electron chi connectivity index (χ3n) is 14.6. The van der Waals surface area contributed by atoms with Crippen molar-refractivity contribution < 1.29 is 0 Å². The smallest absolute Gasteiger partial charge is 0.0780 e. The molecule has 1 aliphatic heterocycles. The average molecular weight is 1230 g/mol. The SMILES string of the molecule is C.C.C.C.C.C.c1ccc(-c2ccc3ccccc3n2)cc1.c1ccc(-c2ccccn2)cc1.c1ccc(-c2ccccn2)cc1.c1ccc(-c2nccc3ccccc23)cc1.c1ccc(-c2nccc3ccccc23)cc1.c1ccc(C2=NCc3ccccc3C2)cc1. The van der Waals surface area contributed by atoms with Gasteiger partial charge in [-0.1, -0.05) is 336 Å². The predicted octanol–water partition coefficient (Wildman–Crippen LogP) is 24.3. The third-order valence-corrected chi connectivity index (χ3v) is 14.6. The van der Waals surface area contributed by atoms with Crippen LogP contribution in [0, 0.1) is 0 Å². The van der Waals surface area contributed by atoms with Crippen LogP contribution in [0.2, 0.25) is 0 Å². The molecule has 15 aromatic rings. The van der Waals surface area contributed by atoms with Gasteiger partial charge in [0.05, 0.1) is 40.5 Å². The minimum absolute atomic E-state index is 0. The zero-order chi connectivity index (χ0) is 59.6. The Morgan fingerprint density at radius 3 is 1.01 bits per heavy atom. The molecular formula is C88H88N6. The number of hydrogen-bond donors (Lipinski definition) is 0. The van der Waals surface area contributed by atoms with Crippen LogP contribution in [-0.2, 0) is 13.0 Å². The molecule has 0 fully saturated rings. The van der Waals surface area contributed by atoms with E-state index in [1.165, 1.54) is 60.5 Å². The summed E-state index contributed by atoms with van der Waals surface area (Å²) in [6, 6.07) is 115. The van der Waals surface area contributed by atoms with Crippen LogP contribution in [0.25, 0.3) is 88.7 Å². The van der Waals surface area contributed by atoms with Gasteiger partial charge in [0.2, 0.25) is 0 Å². The number of nitrogens with zero attached hydrogens (tertiary/aromatic N) is 6. The van der Waals surface area contributed by atoms with Crippen LogP contribution in [-0.4, -0.2) is 30.6 Å². The molecule has 0 unspecified atom stereocenters. The molecule has 94 heavy (non-hydrogen) atoms. The zero-order valence-electron chi connectivity index (χ0n) is 48.7. The molecule has 6 nitrogen and oxygen atoms in total. The molecule has 10 aromatic carbocycles. The van der Waals surface area contributed by atoms with Gasteiger partial charge < -0.3 is 0 Å². The molecule has 470 valence electrons. The number of para-hydroxylation sites is 1. The van der Waals surface area contributed by atoms with Crippen LogP contribution < -0.4 is 0 Å². The van der Waals surface area contributed by atoms with Crippen LogP contribution in [0.15, 0.2) is 369 Å². The summed E-state index contributed by atoms with van der Waals surface area (Å²) in [6.45, 7) is 0.820. The maximum absolute atomic E-state index is 4.66. The van der Waals surface area contributed by atoms with Crippen molar-refractivity contribution in [3.05, 3.63) is 381 Å². The average Bonchev–Trinajstić information content (AvgIpc) is 0.882. The molecule has 0 spiro atoms. The minimum atomic E-state index is 0. The van der Waals surface area contributed by atoms with E-state index >= 15 is 0 Å². The van der Waals surface area contributed by atoms with Gasteiger partial charge in [-0.05, 0) is 76.0 Å². The number of pyridine rings is 5. The van der Waals surface area contributed by atoms with Crippen molar-refractivity contribution in [3.8, 4) is 56.3 Å². The summed E-state index contributed by atoms with van der Waals surface area (Å²) in [5, 5.41) is 6.06. The standard InChI is InChI=1S/2C15H11N.C15H13N.C15H11N.2C11H9N.6CH4/c2*1-2-7-13(8-3-1)15-14-9-5-4-6-12(14)10-11-16-15;1-2-6-12(7-3-1)15-10-13-8-4-5-9-14(13)11-16-15;1-2-6-12(7-3-1)15-11-10-13-8-4-5-9-14(13)16-15;2*1-2-6-10(7-3-1)11-8-4-5-9-12-11;;;;;;/h2*1-11H;1-9H,10-11H2;1-11H;2*1-9H;6*1H4. The Kier molecular flexibility index (Phi) is 30.2. The minimum Gasteiger partial charge on any atom is -0.284 e. The summed E-state index contributed by atoms with van der Waals surface area (Å²) in [5.41, 5.74) is 17.3. The van der Waals surface area contributed by atoms with Gasteiger partial charge in [-0.2, -0.15) is 0 Å². The molecule has 5 aromatic heterocycles. The van der Waals surface area contributed by atoms with Gasteiger partial charge in [0, 0.05) is 80.9 Å². The predicted molar refractivity (Wildman–Crippen MR) is 408 cm³/mol. The second-order valence-corrected chi connectivity index (χ2v) is 20.5. The van der Waals surface area contributed by atoms with Crippen LogP contribution in [0.1, 0.15) is 61.3 Å². The molecule has 1 aliphatic rings. The summed E-state index contributed by atoms with van der Waals surface area (Å²) < 4.78 is 0. The van der Waals surface area contributed by atoms with Gasteiger partial charge in [-0.25, -0.2) is 4.98 Å². The number of benzene rings is 10. The normalized spacial score (nSPS) is 10.2. The highest BCUT2D eigenvalue weighted by Gasteiger charge is 2.13. The van der Waals surface area contributed by atoms with Crippen molar-refractivity contribution >= 4 is 38.2 Å². The maximum atomic E-state index is 4.66. The van der Waals surface area contributed by atoms with Crippen molar-refractivity contribution in [1.29, 1.82) is 0 Å². The lowest BCUT2D eigenvalue weighted by molar-refractivity contribution is 0.988. The van der Waals surface area contributed by atoms with Crippen molar-refractivity contribution in [2.75, 3.05) is 0 Å².